The topological polar surface area (TPSA) is 26.3 Å². The molecule has 0 spiro atoms. The molecule has 0 unspecified atom stereocenters. The van der Waals surface area contributed by atoms with Gasteiger partial charge in [0.05, 0.1) is 13.0 Å². The Morgan fingerprint density at radius 1 is 1.50 bits per heavy atom. The highest BCUT2D eigenvalue weighted by atomic mass is 35.5. The SMILES string of the molecule is CCOC(=O)Cc1cc(F)c(C)c(CCl)c1. The molecule has 0 amide bonds. The van der Waals surface area contributed by atoms with Crippen molar-refractivity contribution in [3.63, 3.8) is 0 Å². The molecule has 0 aliphatic carbocycles. The molecule has 0 saturated carbocycles. The molecule has 0 bridgehead atoms. The van der Waals surface area contributed by atoms with E-state index < -0.39 is 0 Å². The number of carbonyl (C=O) groups excluding carboxylic acids is 1. The number of esters is 1. The lowest BCUT2D eigenvalue weighted by atomic mass is 10.0. The number of halogens is 2. The number of ether oxygens (including phenoxy) is 1. The first-order chi connectivity index (χ1) is 7.58. The number of hydrogen-bond donors (Lipinski definition) is 0. The highest BCUT2D eigenvalue weighted by Gasteiger charge is 2.10. The Bertz CT molecular complexity index is 391. The summed E-state index contributed by atoms with van der Waals surface area (Å²) in [5.74, 6) is -0.455. The van der Waals surface area contributed by atoms with E-state index in [1.54, 1.807) is 19.9 Å². The number of alkyl halides is 1. The van der Waals surface area contributed by atoms with Crippen LogP contribution in [0.1, 0.15) is 23.6 Å². The Morgan fingerprint density at radius 3 is 2.75 bits per heavy atom. The molecule has 0 aliphatic heterocycles. The van der Waals surface area contributed by atoms with Crippen molar-refractivity contribution in [3.05, 3.63) is 34.6 Å². The second-order valence-electron chi connectivity index (χ2n) is 3.48. The summed E-state index contributed by atoms with van der Waals surface area (Å²) in [6.45, 7) is 3.73. The fourth-order valence-corrected chi connectivity index (χ4v) is 1.70. The predicted octanol–water partition coefficient (Wildman–Crippen LogP) is 2.98. The van der Waals surface area contributed by atoms with Crippen LogP contribution in [0.5, 0.6) is 0 Å². The van der Waals surface area contributed by atoms with Gasteiger partial charge < -0.3 is 4.74 Å². The summed E-state index contributed by atoms with van der Waals surface area (Å²) in [7, 11) is 0. The van der Waals surface area contributed by atoms with Gasteiger partial charge in [0.15, 0.2) is 0 Å². The fourth-order valence-electron chi connectivity index (χ4n) is 1.42. The smallest absolute Gasteiger partial charge is 0.310 e. The molecule has 1 rings (SSSR count). The van der Waals surface area contributed by atoms with Crippen molar-refractivity contribution >= 4 is 17.6 Å². The minimum absolute atomic E-state index is 0.0783. The van der Waals surface area contributed by atoms with Crippen molar-refractivity contribution < 1.29 is 13.9 Å². The fraction of sp³-hybridized carbons (Fsp3) is 0.417. The molecule has 0 aromatic heterocycles. The van der Waals surface area contributed by atoms with E-state index in [9.17, 15) is 9.18 Å². The molecule has 4 heteroatoms. The predicted molar refractivity (Wildman–Crippen MR) is 61.0 cm³/mol. The monoisotopic (exact) mass is 244 g/mol. The lowest BCUT2D eigenvalue weighted by molar-refractivity contribution is -0.142. The number of rotatable bonds is 4. The third kappa shape index (κ3) is 3.20. The minimum Gasteiger partial charge on any atom is -0.466 e. The Balaban J connectivity index is 2.89. The van der Waals surface area contributed by atoms with Gasteiger partial charge in [-0.3, -0.25) is 4.79 Å². The van der Waals surface area contributed by atoms with Gasteiger partial charge in [0.2, 0.25) is 0 Å². The molecule has 0 saturated heterocycles. The van der Waals surface area contributed by atoms with Crippen LogP contribution in [0.4, 0.5) is 4.39 Å². The van der Waals surface area contributed by atoms with Crippen LogP contribution < -0.4 is 0 Å². The molecule has 0 N–H and O–H groups in total. The Hall–Kier alpha value is -1.09. The molecule has 2 nitrogen and oxygen atoms in total. The van der Waals surface area contributed by atoms with Crippen LogP contribution in [0.3, 0.4) is 0 Å². The van der Waals surface area contributed by atoms with Gasteiger partial charge in [0.1, 0.15) is 5.82 Å². The molecule has 0 radical (unpaired) electrons. The van der Waals surface area contributed by atoms with Gasteiger partial charge >= 0.3 is 5.97 Å². The van der Waals surface area contributed by atoms with E-state index in [-0.39, 0.29) is 24.1 Å². The van der Waals surface area contributed by atoms with E-state index in [0.29, 0.717) is 23.3 Å². The van der Waals surface area contributed by atoms with Gasteiger partial charge in [-0.2, -0.15) is 0 Å². The third-order valence-corrected chi connectivity index (χ3v) is 2.60. The maximum Gasteiger partial charge on any atom is 0.310 e. The van der Waals surface area contributed by atoms with Gasteiger partial charge in [-0.05, 0) is 36.6 Å². The minimum atomic E-state index is -0.355. The summed E-state index contributed by atoms with van der Waals surface area (Å²) in [5, 5.41) is 0. The molecular formula is C12H14ClFO2. The van der Waals surface area contributed by atoms with E-state index in [2.05, 4.69) is 0 Å². The van der Waals surface area contributed by atoms with Crippen molar-refractivity contribution in [3.8, 4) is 0 Å². The number of carbonyl (C=O) groups is 1. The summed E-state index contributed by atoms with van der Waals surface area (Å²) in [4.78, 5) is 11.2. The first kappa shape index (κ1) is 13.0. The van der Waals surface area contributed by atoms with E-state index >= 15 is 0 Å². The molecular weight excluding hydrogens is 231 g/mol. The Labute approximate surface area is 99.4 Å². The molecule has 1 aromatic carbocycles. The summed E-state index contributed by atoms with van der Waals surface area (Å²) < 4.78 is 18.2. The first-order valence-corrected chi connectivity index (χ1v) is 5.61. The molecule has 16 heavy (non-hydrogen) atoms. The number of benzene rings is 1. The zero-order valence-electron chi connectivity index (χ0n) is 9.35. The van der Waals surface area contributed by atoms with Crippen LogP contribution in [-0.4, -0.2) is 12.6 Å². The molecule has 1 aromatic rings. The molecule has 0 atom stereocenters. The maximum absolute atomic E-state index is 13.5. The van der Waals surface area contributed by atoms with Crippen molar-refractivity contribution in [2.45, 2.75) is 26.1 Å². The summed E-state index contributed by atoms with van der Waals surface area (Å²) in [5.41, 5.74) is 1.83. The van der Waals surface area contributed by atoms with Crippen LogP contribution in [-0.2, 0) is 21.8 Å². The summed E-state index contributed by atoms with van der Waals surface area (Å²) in [6, 6.07) is 3.09. The first-order valence-electron chi connectivity index (χ1n) is 5.08. The highest BCUT2D eigenvalue weighted by molar-refractivity contribution is 6.17. The van der Waals surface area contributed by atoms with Gasteiger partial charge in [0, 0.05) is 5.88 Å². The highest BCUT2D eigenvalue weighted by Crippen LogP contribution is 2.18. The van der Waals surface area contributed by atoms with Crippen molar-refractivity contribution in [1.82, 2.24) is 0 Å². The number of hydrogen-bond acceptors (Lipinski definition) is 2. The van der Waals surface area contributed by atoms with E-state index in [1.807, 2.05) is 0 Å². The van der Waals surface area contributed by atoms with Gasteiger partial charge in [-0.15, -0.1) is 11.6 Å². The van der Waals surface area contributed by atoms with Crippen molar-refractivity contribution in [1.29, 1.82) is 0 Å². The van der Waals surface area contributed by atoms with Crippen LogP contribution in [0.2, 0.25) is 0 Å². The van der Waals surface area contributed by atoms with Crippen LogP contribution >= 0.6 is 11.6 Å². The summed E-state index contributed by atoms with van der Waals surface area (Å²) in [6.07, 6.45) is 0.0783. The third-order valence-electron chi connectivity index (χ3n) is 2.31. The van der Waals surface area contributed by atoms with Gasteiger partial charge in [0.25, 0.3) is 0 Å². The zero-order chi connectivity index (χ0) is 12.1. The second kappa shape index (κ2) is 5.85. The molecule has 0 fully saturated rings. The molecule has 88 valence electrons. The Morgan fingerprint density at radius 2 is 2.19 bits per heavy atom. The lowest BCUT2D eigenvalue weighted by Gasteiger charge is -2.07. The quantitative estimate of drug-likeness (QED) is 0.601. The van der Waals surface area contributed by atoms with Gasteiger partial charge in [-0.25, -0.2) is 4.39 Å². The largest absolute Gasteiger partial charge is 0.466 e. The van der Waals surface area contributed by atoms with Crippen molar-refractivity contribution in [2.75, 3.05) is 6.61 Å². The molecule has 0 heterocycles. The van der Waals surface area contributed by atoms with E-state index in [1.165, 1.54) is 6.07 Å². The standard InChI is InChI=1S/C12H14ClFO2/c1-3-16-12(15)6-9-4-10(7-13)8(2)11(14)5-9/h4-5H,3,6-7H2,1-2H3. The average molecular weight is 245 g/mol. The molecule has 0 aliphatic rings. The second-order valence-corrected chi connectivity index (χ2v) is 3.74. The van der Waals surface area contributed by atoms with Crippen molar-refractivity contribution in [2.24, 2.45) is 0 Å². The van der Waals surface area contributed by atoms with Crippen LogP contribution in [0, 0.1) is 12.7 Å². The zero-order valence-corrected chi connectivity index (χ0v) is 10.1. The Kier molecular flexibility index (Phi) is 4.74. The van der Waals surface area contributed by atoms with Crippen LogP contribution in [0.25, 0.3) is 0 Å². The van der Waals surface area contributed by atoms with Gasteiger partial charge in [-0.1, -0.05) is 6.07 Å². The van der Waals surface area contributed by atoms with Crippen LogP contribution in [0.15, 0.2) is 12.1 Å². The lowest BCUT2D eigenvalue weighted by Crippen LogP contribution is -2.08. The van der Waals surface area contributed by atoms with E-state index in [0.717, 1.165) is 0 Å². The summed E-state index contributed by atoms with van der Waals surface area (Å²) >= 11 is 5.69. The normalized spacial score (nSPS) is 10.2. The maximum atomic E-state index is 13.5. The van der Waals surface area contributed by atoms with E-state index in [4.69, 9.17) is 16.3 Å². The average Bonchev–Trinajstić information content (AvgIpc) is 2.23.